The second-order valence-electron chi connectivity index (χ2n) is 6.20. The summed E-state index contributed by atoms with van der Waals surface area (Å²) < 4.78 is 108. The van der Waals surface area contributed by atoms with E-state index in [1.165, 1.54) is 25.1 Å². The average molecular weight is 522 g/mol. The molecule has 2 aromatic rings. The topological polar surface area (TPSA) is 66.4 Å². The summed E-state index contributed by atoms with van der Waals surface area (Å²) in [6, 6.07) is 2.48. The first kappa shape index (κ1) is 26.2. The highest BCUT2D eigenvalue weighted by Crippen LogP contribution is 2.45. The van der Waals surface area contributed by atoms with Gasteiger partial charge in [0.05, 0.1) is 21.9 Å². The summed E-state index contributed by atoms with van der Waals surface area (Å²) in [6.45, 7) is 0. The Morgan fingerprint density at radius 2 is 1.70 bits per heavy atom. The number of benzene rings is 1. The molecule has 0 fully saturated rings. The highest BCUT2D eigenvalue weighted by Gasteiger charge is 2.44. The Balaban J connectivity index is 2.93. The smallest absolute Gasteiger partial charge is 0.406 e. The zero-order valence-electron chi connectivity index (χ0n) is 16.2. The third-order valence-corrected chi connectivity index (χ3v) is 4.11. The van der Waals surface area contributed by atoms with Crippen LogP contribution < -0.4 is 4.74 Å². The van der Waals surface area contributed by atoms with Crippen LogP contribution in [0.2, 0.25) is 10.0 Å². The van der Waals surface area contributed by atoms with Gasteiger partial charge in [-0.05, 0) is 0 Å². The number of halogens is 10. The molecule has 0 saturated carbocycles. The maximum Gasteiger partial charge on any atom is 0.573 e. The molecule has 1 aromatic heterocycles. The molecule has 0 bridgehead atoms. The van der Waals surface area contributed by atoms with Crippen LogP contribution in [-0.2, 0) is 0 Å². The molecule has 0 atom stereocenters. The molecule has 0 saturated heterocycles. The molecule has 0 aliphatic carbocycles. The lowest BCUT2D eigenvalue weighted by Gasteiger charge is -2.15. The van der Waals surface area contributed by atoms with E-state index in [0.717, 1.165) is 6.34 Å². The van der Waals surface area contributed by atoms with Gasteiger partial charge in [-0.1, -0.05) is 23.2 Å². The van der Waals surface area contributed by atoms with Crippen LogP contribution in [0.4, 0.5) is 40.9 Å². The molecule has 6 nitrogen and oxygen atoms in total. The van der Waals surface area contributed by atoms with Gasteiger partial charge in [0.25, 0.3) is 6.08 Å². The molecule has 178 valence electrons. The Hall–Kier alpha value is -3.05. The number of nitrogens with zero attached hydrogens (tertiary/aromatic N) is 5. The van der Waals surface area contributed by atoms with Gasteiger partial charge in [0.2, 0.25) is 0 Å². The molecule has 0 aliphatic heterocycles. The number of hydrogen-bond donors (Lipinski definition) is 0. The number of allylic oxidation sites excluding steroid dienone is 1. The number of ether oxygens (including phenoxy) is 1. The van der Waals surface area contributed by atoms with E-state index in [4.69, 9.17) is 23.2 Å². The minimum atomic E-state index is -5.63. The van der Waals surface area contributed by atoms with Crippen LogP contribution in [-0.4, -0.2) is 47.7 Å². The van der Waals surface area contributed by atoms with E-state index in [9.17, 15) is 40.4 Å². The van der Waals surface area contributed by atoms with Crippen molar-refractivity contribution in [3.63, 3.8) is 0 Å². The minimum Gasteiger partial charge on any atom is -0.406 e. The molecule has 0 aliphatic rings. The van der Waals surface area contributed by atoms with Crippen LogP contribution >= 0.6 is 23.2 Å². The summed E-state index contributed by atoms with van der Waals surface area (Å²) in [4.78, 5) is 4.91. The number of hydrogen-bond acceptors (Lipinski definition) is 4. The standard InChI is InChI=1S/C17H9Cl2F8N5O/c1-31(2)6-29-15-11(12(14(20)21)16(22,23)24)10(5-28)30-32(15)13-8(18)3-7(4-9(13)19)33-17(25,26)27/h3-4,6H,1-2H3. The molecule has 0 N–H and O–H groups in total. The van der Waals surface area contributed by atoms with Crippen molar-refractivity contribution in [3.8, 4) is 17.5 Å². The van der Waals surface area contributed by atoms with Crippen LogP contribution in [0.3, 0.4) is 0 Å². The number of rotatable bonds is 5. The van der Waals surface area contributed by atoms with Crippen LogP contribution in [0.25, 0.3) is 11.3 Å². The van der Waals surface area contributed by atoms with Crippen molar-refractivity contribution in [3.05, 3.63) is 39.5 Å². The van der Waals surface area contributed by atoms with E-state index in [2.05, 4.69) is 14.8 Å². The summed E-state index contributed by atoms with van der Waals surface area (Å²) in [7, 11) is 2.79. The van der Waals surface area contributed by atoms with E-state index < -0.39 is 62.7 Å². The van der Waals surface area contributed by atoms with Crippen LogP contribution in [0.15, 0.2) is 23.2 Å². The van der Waals surface area contributed by atoms with E-state index in [1.54, 1.807) is 0 Å². The normalized spacial score (nSPS) is 12.1. The summed E-state index contributed by atoms with van der Waals surface area (Å²) in [5.74, 6) is -1.81. The fourth-order valence-corrected chi connectivity index (χ4v) is 3.07. The highest BCUT2D eigenvalue weighted by molar-refractivity contribution is 6.38. The van der Waals surface area contributed by atoms with Gasteiger partial charge in [0.15, 0.2) is 11.5 Å². The molecule has 1 aromatic carbocycles. The number of nitriles is 1. The zero-order valence-corrected chi connectivity index (χ0v) is 17.7. The van der Waals surface area contributed by atoms with Gasteiger partial charge < -0.3 is 9.64 Å². The van der Waals surface area contributed by atoms with Crippen molar-refractivity contribution in [1.82, 2.24) is 14.7 Å². The van der Waals surface area contributed by atoms with Gasteiger partial charge in [-0.3, -0.25) is 0 Å². The summed E-state index contributed by atoms with van der Waals surface area (Å²) in [6.07, 6.45) is -13.0. The van der Waals surface area contributed by atoms with E-state index in [-0.39, 0.29) is 0 Å². The SMILES string of the molecule is CN(C)C=Nc1c(C(=C(F)F)C(F)(F)F)c(C#N)nn1-c1c(Cl)cc(OC(F)(F)F)cc1Cl. The predicted octanol–water partition coefficient (Wildman–Crippen LogP) is 6.34. The average Bonchev–Trinajstić information content (AvgIpc) is 2.94. The summed E-state index contributed by atoms with van der Waals surface area (Å²) >= 11 is 11.9. The van der Waals surface area contributed by atoms with Gasteiger partial charge in [-0.2, -0.15) is 32.3 Å². The summed E-state index contributed by atoms with van der Waals surface area (Å²) in [5.41, 5.74) is -5.53. The first-order chi connectivity index (χ1) is 15.1. The maximum absolute atomic E-state index is 13.4. The second-order valence-corrected chi connectivity index (χ2v) is 7.01. The number of aromatic nitrogens is 2. The third kappa shape index (κ3) is 6.05. The van der Waals surface area contributed by atoms with Gasteiger partial charge >= 0.3 is 12.5 Å². The highest BCUT2D eigenvalue weighted by atomic mass is 35.5. The van der Waals surface area contributed by atoms with Crippen molar-refractivity contribution in [1.29, 1.82) is 5.26 Å². The van der Waals surface area contributed by atoms with Crippen molar-refractivity contribution in [2.45, 2.75) is 12.5 Å². The van der Waals surface area contributed by atoms with Crippen molar-refractivity contribution < 1.29 is 39.9 Å². The monoisotopic (exact) mass is 521 g/mol. The maximum atomic E-state index is 13.4. The van der Waals surface area contributed by atoms with Crippen LogP contribution in [0.5, 0.6) is 5.75 Å². The first-order valence-corrected chi connectivity index (χ1v) is 8.94. The van der Waals surface area contributed by atoms with E-state index in [0.29, 0.717) is 16.8 Å². The quantitative estimate of drug-likeness (QED) is 0.261. The van der Waals surface area contributed by atoms with Crippen molar-refractivity contribution in [2.75, 3.05) is 14.1 Å². The van der Waals surface area contributed by atoms with Gasteiger partial charge in [-0.15, -0.1) is 13.2 Å². The molecule has 16 heteroatoms. The Morgan fingerprint density at radius 3 is 2.09 bits per heavy atom. The number of aliphatic imine (C=N–C) groups is 1. The molecule has 0 radical (unpaired) electrons. The van der Waals surface area contributed by atoms with E-state index in [1.807, 2.05) is 0 Å². The molecule has 0 amide bonds. The lowest BCUT2D eigenvalue weighted by molar-refractivity contribution is -0.274. The van der Waals surface area contributed by atoms with Crippen LogP contribution in [0, 0.1) is 11.3 Å². The second kappa shape index (κ2) is 9.44. The number of alkyl halides is 6. The molecule has 0 spiro atoms. The predicted molar refractivity (Wildman–Crippen MR) is 102 cm³/mol. The lowest BCUT2D eigenvalue weighted by atomic mass is 10.1. The van der Waals surface area contributed by atoms with Crippen LogP contribution in [0.1, 0.15) is 11.3 Å². The van der Waals surface area contributed by atoms with Gasteiger partial charge in [0, 0.05) is 26.2 Å². The Morgan fingerprint density at radius 1 is 1.15 bits per heavy atom. The molecule has 0 unspecified atom stereocenters. The fraction of sp³-hybridized carbons (Fsp3) is 0.235. The fourth-order valence-electron chi connectivity index (χ4n) is 2.44. The van der Waals surface area contributed by atoms with Crippen molar-refractivity contribution >= 4 is 40.9 Å². The lowest BCUT2D eigenvalue weighted by Crippen LogP contribution is -2.17. The van der Waals surface area contributed by atoms with Crippen molar-refractivity contribution in [2.24, 2.45) is 4.99 Å². The summed E-state index contributed by atoms with van der Waals surface area (Å²) in [5, 5.41) is 11.5. The minimum absolute atomic E-state index is 0.435. The zero-order chi connectivity index (χ0) is 25.3. The third-order valence-electron chi connectivity index (χ3n) is 3.54. The Kier molecular flexibility index (Phi) is 7.49. The molecule has 2 rings (SSSR count). The largest absolute Gasteiger partial charge is 0.573 e. The van der Waals surface area contributed by atoms with E-state index >= 15 is 0 Å². The molecule has 33 heavy (non-hydrogen) atoms. The molecular weight excluding hydrogens is 513 g/mol. The first-order valence-electron chi connectivity index (χ1n) is 8.18. The molecule has 1 heterocycles. The van der Waals surface area contributed by atoms with Gasteiger partial charge in [-0.25, -0.2) is 9.67 Å². The Bertz CT molecular complexity index is 1130. The molecular formula is C17H9Cl2F8N5O. The van der Waals surface area contributed by atoms with Gasteiger partial charge in [0.1, 0.15) is 23.1 Å². The Labute approximate surface area is 189 Å².